The molecule has 0 aliphatic heterocycles. The fourth-order valence-corrected chi connectivity index (χ4v) is 1.83. The van der Waals surface area contributed by atoms with Gasteiger partial charge in [-0.05, 0) is 38.2 Å². The Morgan fingerprint density at radius 1 is 1.26 bits per heavy atom. The fraction of sp³-hybridized carbons (Fsp3) is 0.500. The summed E-state index contributed by atoms with van der Waals surface area (Å²) in [6, 6.07) is 6.50. The quantitative estimate of drug-likeness (QED) is 0.606. The lowest BCUT2D eigenvalue weighted by Gasteiger charge is -2.17. The maximum Gasteiger partial charge on any atom is 0.385 e. The molecule has 1 amide bonds. The first-order valence-corrected chi connectivity index (χ1v) is 6.67. The summed E-state index contributed by atoms with van der Waals surface area (Å²) in [5.41, 5.74) is 1.02. The molecule has 0 bridgehead atoms. The molecule has 0 aromatic heterocycles. The van der Waals surface area contributed by atoms with E-state index in [-0.39, 0.29) is 5.91 Å². The van der Waals surface area contributed by atoms with Gasteiger partial charge in [0, 0.05) is 24.2 Å². The first kappa shape index (κ1) is 15.1. The zero-order chi connectivity index (χ0) is 14.1. The highest BCUT2D eigenvalue weighted by Crippen LogP contribution is 2.12. The Balaban J connectivity index is 2.33. The summed E-state index contributed by atoms with van der Waals surface area (Å²) in [5, 5.41) is 11.4. The SMILES string of the molecule is CCN(CC)CCCNC(=O)c1ccc([N+]#N)cc1. The van der Waals surface area contributed by atoms with Crippen LogP contribution in [0.4, 0.5) is 5.69 Å². The molecule has 1 rings (SSSR count). The van der Waals surface area contributed by atoms with E-state index in [1.54, 1.807) is 24.3 Å². The standard InChI is InChI=1S/C14H20N4O/c1-3-18(4-2)11-5-10-16-14(19)12-6-8-13(17-15)9-7-12/h6-9H,3-5,10-11H2,1-2H3/p+1. The number of benzene rings is 1. The summed E-state index contributed by atoms with van der Waals surface area (Å²) in [6.45, 7) is 8.01. The van der Waals surface area contributed by atoms with Crippen LogP contribution < -0.4 is 5.32 Å². The molecule has 0 unspecified atom stereocenters. The van der Waals surface area contributed by atoms with E-state index in [0.717, 1.165) is 26.1 Å². The Bertz CT molecular complexity index is 432. The van der Waals surface area contributed by atoms with Crippen molar-refractivity contribution in [1.82, 2.24) is 10.2 Å². The molecule has 0 saturated heterocycles. The Kier molecular flexibility index (Phi) is 6.55. The zero-order valence-electron chi connectivity index (χ0n) is 11.6. The molecule has 5 heteroatoms. The lowest BCUT2D eigenvalue weighted by Crippen LogP contribution is -2.29. The minimum atomic E-state index is -0.0935. The van der Waals surface area contributed by atoms with Crippen molar-refractivity contribution >= 4 is 11.6 Å². The van der Waals surface area contributed by atoms with E-state index in [1.807, 2.05) is 0 Å². The van der Waals surface area contributed by atoms with Crippen LogP contribution >= 0.6 is 0 Å². The second-order valence-corrected chi connectivity index (χ2v) is 4.28. The van der Waals surface area contributed by atoms with Crippen LogP contribution in [0.25, 0.3) is 4.98 Å². The minimum Gasteiger partial charge on any atom is -0.352 e. The first-order valence-electron chi connectivity index (χ1n) is 6.67. The summed E-state index contributed by atoms with van der Waals surface area (Å²) >= 11 is 0. The summed E-state index contributed by atoms with van der Waals surface area (Å²) in [5.74, 6) is -0.0935. The van der Waals surface area contributed by atoms with Crippen LogP contribution in [0.5, 0.6) is 0 Å². The van der Waals surface area contributed by atoms with Gasteiger partial charge in [0.25, 0.3) is 5.91 Å². The van der Waals surface area contributed by atoms with Crippen LogP contribution in [0, 0.1) is 5.39 Å². The fourth-order valence-electron chi connectivity index (χ4n) is 1.83. The molecule has 0 fully saturated rings. The average Bonchev–Trinajstić information content (AvgIpc) is 2.47. The Morgan fingerprint density at radius 3 is 2.42 bits per heavy atom. The van der Waals surface area contributed by atoms with Crippen molar-refractivity contribution in [3.05, 3.63) is 34.8 Å². The molecule has 0 radical (unpaired) electrons. The van der Waals surface area contributed by atoms with Crippen molar-refractivity contribution in [2.45, 2.75) is 20.3 Å². The number of rotatable bonds is 7. The number of nitrogens with one attached hydrogen (secondary N) is 1. The molecule has 1 aromatic carbocycles. The van der Waals surface area contributed by atoms with E-state index in [2.05, 4.69) is 29.0 Å². The first-order chi connectivity index (χ1) is 9.21. The van der Waals surface area contributed by atoms with E-state index in [0.29, 0.717) is 17.8 Å². The van der Waals surface area contributed by atoms with Gasteiger partial charge in [0.2, 0.25) is 5.39 Å². The summed E-state index contributed by atoms with van der Waals surface area (Å²) < 4.78 is 0. The molecule has 0 aliphatic carbocycles. The van der Waals surface area contributed by atoms with Crippen LogP contribution in [0.3, 0.4) is 0 Å². The van der Waals surface area contributed by atoms with Gasteiger partial charge >= 0.3 is 5.69 Å². The third-order valence-electron chi connectivity index (χ3n) is 3.08. The van der Waals surface area contributed by atoms with Gasteiger partial charge in [-0.15, -0.1) is 0 Å². The molecule has 0 spiro atoms. The normalized spacial score (nSPS) is 10.2. The molecule has 0 atom stereocenters. The molecular formula is C14H21N4O+. The van der Waals surface area contributed by atoms with E-state index in [1.165, 1.54) is 0 Å². The highest BCUT2D eigenvalue weighted by molar-refractivity contribution is 5.94. The van der Waals surface area contributed by atoms with E-state index in [9.17, 15) is 4.79 Å². The van der Waals surface area contributed by atoms with Gasteiger partial charge < -0.3 is 10.2 Å². The maximum absolute atomic E-state index is 11.8. The molecule has 0 saturated carbocycles. The van der Waals surface area contributed by atoms with Crippen LogP contribution in [0.1, 0.15) is 30.6 Å². The number of carbonyl (C=O) groups is 1. The van der Waals surface area contributed by atoms with E-state index in [4.69, 9.17) is 5.39 Å². The van der Waals surface area contributed by atoms with Gasteiger partial charge in [-0.3, -0.25) is 4.79 Å². The molecule has 102 valence electrons. The Labute approximate surface area is 114 Å². The lowest BCUT2D eigenvalue weighted by molar-refractivity contribution is 0.0952. The topological polar surface area (TPSA) is 60.5 Å². The molecule has 19 heavy (non-hydrogen) atoms. The molecular weight excluding hydrogens is 240 g/mol. The Hall–Kier alpha value is -1.93. The monoisotopic (exact) mass is 261 g/mol. The zero-order valence-corrected chi connectivity index (χ0v) is 11.6. The molecule has 0 aliphatic rings. The van der Waals surface area contributed by atoms with Gasteiger partial charge in [-0.1, -0.05) is 13.8 Å². The van der Waals surface area contributed by atoms with E-state index < -0.39 is 0 Å². The van der Waals surface area contributed by atoms with Crippen molar-refractivity contribution in [3.8, 4) is 0 Å². The molecule has 0 heterocycles. The van der Waals surface area contributed by atoms with Crippen molar-refractivity contribution in [3.63, 3.8) is 0 Å². The smallest absolute Gasteiger partial charge is 0.352 e. The van der Waals surface area contributed by atoms with Crippen molar-refractivity contribution in [2.75, 3.05) is 26.2 Å². The number of carbonyl (C=O) groups excluding carboxylic acids is 1. The third kappa shape index (κ3) is 5.06. The van der Waals surface area contributed by atoms with Crippen LogP contribution in [-0.4, -0.2) is 37.0 Å². The van der Waals surface area contributed by atoms with E-state index >= 15 is 0 Å². The van der Waals surface area contributed by atoms with Gasteiger partial charge in [-0.25, -0.2) is 0 Å². The lowest BCUT2D eigenvalue weighted by atomic mass is 10.2. The highest BCUT2D eigenvalue weighted by Gasteiger charge is 2.08. The van der Waals surface area contributed by atoms with Crippen LogP contribution in [-0.2, 0) is 0 Å². The second-order valence-electron chi connectivity index (χ2n) is 4.28. The summed E-state index contributed by atoms with van der Waals surface area (Å²) in [6.07, 6.45) is 0.942. The molecule has 5 nitrogen and oxygen atoms in total. The third-order valence-corrected chi connectivity index (χ3v) is 3.08. The van der Waals surface area contributed by atoms with Gasteiger partial charge in [0.15, 0.2) is 4.98 Å². The highest BCUT2D eigenvalue weighted by atomic mass is 16.1. The number of amides is 1. The summed E-state index contributed by atoms with van der Waals surface area (Å²) in [7, 11) is 0. The molecule has 1 aromatic rings. The van der Waals surface area contributed by atoms with Gasteiger partial charge in [0.1, 0.15) is 0 Å². The van der Waals surface area contributed by atoms with Crippen molar-refractivity contribution < 1.29 is 4.79 Å². The molecule has 1 N–H and O–H groups in total. The maximum atomic E-state index is 11.8. The number of nitrogens with zero attached hydrogens (tertiary/aromatic N) is 3. The minimum absolute atomic E-state index is 0.0935. The van der Waals surface area contributed by atoms with Crippen molar-refractivity contribution in [1.29, 1.82) is 5.39 Å². The van der Waals surface area contributed by atoms with Crippen molar-refractivity contribution in [2.24, 2.45) is 0 Å². The van der Waals surface area contributed by atoms with Crippen LogP contribution in [0.15, 0.2) is 24.3 Å². The average molecular weight is 261 g/mol. The predicted octanol–water partition coefficient (Wildman–Crippen LogP) is 2.63. The second kappa shape index (κ2) is 8.22. The number of hydrogen-bond donors (Lipinski definition) is 1. The Morgan fingerprint density at radius 2 is 1.89 bits per heavy atom. The largest absolute Gasteiger partial charge is 0.385 e. The predicted molar refractivity (Wildman–Crippen MR) is 75.9 cm³/mol. The van der Waals surface area contributed by atoms with Crippen LogP contribution in [0.2, 0.25) is 0 Å². The summed E-state index contributed by atoms with van der Waals surface area (Å²) in [4.78, 5) is 17.2. The number of diazo groups is 1. The number of hydrogen-bond acceptors (Lipinski definition) is 3. The van der Waals surface area contributed by atoms with Gasteiger partial charge in [0.05, 0.1) is 0 Å². The van der Waals surface area contributed by atoms with Gasteiger partial charge in [-0.2, -0.15) is 0 Å².